The van der Waals surface area contributed by atoms with E-state index in [1.807, 2.05) is 0 Å². The normalized spacial score (nSPS) is 23.5. The van der Waals surface area contributed by atoms with Crippen molar-refractivity contribution in [2.75, 3.05) is 13.2 Å². The van der Waals surface area contributed by atoms with Crippen LogP contribution in [0.25, 0.3) is 0 Å². The van der Waals surface area contributed by atoms with Crippen LogP contribution < -0.4 is 5.32 Å². The van der Waals surface area contributed by atoms with Crippen LogP contribution in [0.2, 0.25) is 0 Å². The Morgan fingerprint density at radius 2 is 2.55 bits per heavy atom. The Labute approximate surface area is 65.5 Å². The number of carbonyl (C=O) groups is 1. The Bertz CT molecular complexity index is 132. The van der Waals surface area contributed by atoms with E-state index in [2.05, 4.69) is 5.32 Å². The number of amides is 1. The molecule has 1 amide bonds. The second-order valence-corrected chi connectivity index (χ2v) is 2.66. The van der Waals surface area contributed by atoms with Crippen molar-refractivity contribution in [3.8, 4) is 0 Å². The van der Waals surface area contributed by atoms with E-state index in [9.17, 15) is 4.79 Å². The number of carboxylic acid groups (broad SMARTS) is 1. The largest absolute Gasteiger partial charge is 0.465 e. The molecular weight excluding hydrogens is 146 g/mol. The minimum atomic E-state index is -0.956. The summed E-state index contributed by atoms with van der Waals surface area (Å²) in [5, 5.41) is 10.5. The van der Waals surface area contributed by atoms with E-state index in [0.29, 0.717) is 6.54 Å². The van der Waals surface area contributed by atoms with Gasteiger partial charge in [-0.1, -0.05) is 0 Å². The smallest absolute Gasteiger partial charge is 0.404 e. The highest BCUT2D eigenvalue weighted by molar-refractivity contribution is 5.64. The molecule has 64 valence electrons. The van der Waals surface area contributed by atoms with E-state index in [1.165, 1.54) is 0 Å². The van der Waals surface area contributed by atoms with Gasteiger partial charge >= 0.3 is 6.09 Å². The first-order valence-corrected chi connectivity index (χ1v) is 3.87. The van der Waals surface area contributed by atoms with Crippen molar-refractivity contribution in [3.05, 3.63) is 0 Å². The van der Waals surface area contributed by atoms with E-state index in [-0.39, 0.29) is 6.10 Å². The Kier molecular flexibility index (Phi) is 3.16. The van der Waals surface area contributed by atoms with Crippen LogP contribution in [-0.4, -0.2) is 30.5 Å². The molecule has 1 unspecified atom stereocenters. The highest BCUT2D eigenvalue weighted by Gasteiger charge is 2.14. The van der Waals surface area contributed by atoms with Crippen LogP contribution in [0.5, 0.6) is 0 Å². The molecule has 1 fully saturated rings. The van der Waals surface area contributed by atoms with Crippen LogP contribution >= 0.6 is 0 Å². The first-order chi connectivity index (χ1) is 5.29. The summed E-state index contributed by atoms with van der Waals surface area (Å²) in [5.74, 6) is 0. The maximum Gasteiger partial charge on any atom is 0.404 e. The van der Waals surface area contributed by atoms with Gasteiger partial charge in [0.25, 0.3) is 0 Å². The Balaban J connectivity index is 1.98. The van der Waals surface area contributed by atoms with Crippen LogP contribution in [0.15, 0.2) is 0 Å². The summed E-state index contributed by atoms with van der Waals surface area (Å²) < 4.78 is 5.30. The molecule has 4 heteroatoms. The molecule has 0 aromatic rings. The fourth-order valence-corrected chi connectivity index (χ4v) is 1.21. The van der Waals surface area contributed by atoms with Gasteiger partial charge in [-0.05, 0) is 19.3 Å². The molecule has 1 aliphatic heterocycles. The third kappa shape index (κ3) is 3.23. The van der Waals surface area contributed by atoms with Crippen molar-refractivity contribution in [2.45, 2.75) is 25.4 Å². The third-order valence-corrected chi connectivity index (χ3v) is 1.77. The van der Waals surface area contributed by atoms with Gasteiger partial charge in [0.2, 0.25) is 0 Å². The van der Waals surface area contributed by atoms with Crippen molar-refractivity contribution >= 4 is 6.09 Å². The SMILES string of the molecule is O=C(O)NCCC1CCCO1. The summed E-state index contributed by atoms with van der Waals surface area (Å²) in [6.45, 7) is 1.33. The summed E-state index contributed by atoms with van der Waals surface area (Å²) in [4.78, 5) is 10.0. The van der Waals surface area contributed by atoms with E-state index >= 15 is 0 Å². The second-order valence-electron chi connectivity index (χ2n) is 2.66. The third-order valence-electron chi connectivity index (χ3n) is 1.77. The van der Waals surface area contributed by atoms with E-state index in [4.69, 9.17) is 9.84 Å². The summed E-state index contributed by atoms with van der Waals surface area (Å²) in [6.07, 6.45) is 2.30. The summed E-state index contributed by atoms with van der Waals surface area (Å²) in [6, 6.07) is 0. The quantitative estimate of drug-likeness (QED) is 0.641. The number of ether oxygens (including phenoxy) is 1. The molecule has 11 heavy (non-hydrogen) atoms. The lowest BCUT2D eigenvalue weighted by molar-refractivity contribution is 0.104. The van der Waals surface area contributed by atoms with Gasteiger partial charge in [-0.3, -0.25) is 0 Å². The van der Waals surface area contributed by atoms with Crippen LogP contribution in [0.3, 0.4) is 0 Å². The lowest BCUT2D eigenvalue weighted by atomic mass is 10.2. The van der Waals surface area contributed by atoms with Gasteiger partial charge in [-0.2, -0.15) is 0 Å². The topological polar surface area (TPSA) is 58.6 Å². The molecule has 0 aromatic heterocycles. The average Bonchev–Trinajstić information content (AvgIpc) is 2.39. The van der Waals surface area contributed by atoms with Crippen LogP contribution in [-0.2, 0) is 4.74 Å². The maximum absolute atomic E-state index is 10.0. The maximum atomic E-state index is 10.0. The van der Waals surface area contributed by atoms with E-state index in [0.717, 1.165) is 25.9 Å². The van der Waals surface area contributed by atoms with Gasteiger partial charge < -0.3 is 15.2 Å². The predicted molar refractivity (Wildman–Crippen MR) is 39.6 cm³/mol. The molecule has 1 rings (SSSR count). The van der Waals surface area contributed by atoms with E-state index in [1.54, 1.807) is 0 Å². The molecule has 2 N–H and O–H groups in total. The second kappa shape index (κ2) is 4.18. The lowest BCUT2D eigenvalue weighted by Crippen LogP contribution is -2.24. The van der Waals surface area contributed by atoms with E-state index < -0.39 is 6.09 Å². The number of rotatable bonds is 3. The minimum Gasteiger partial charge on any atom is -0.465 e. The zero-order valence-electron chi connectivity index (χ0n) is 6.38. The Morgan fingerprint density at radius 1 is 1.73 bits per heavy atom. The molecule has 0 radical (unpaired) electrons. The lowest BCUT2D eigenvalue weighted by Gasteiger charge is -2.07. The molecule has 1 heterocycles. The van der Waals surface area contributed by atoms with Crippen molar-refractivity contribution in [3.63, 3.8) is 0 Å². The highest BCUT2D eigenvalue weighted by atomic mass is 16.5. The molecule has 0 spiro atoms. The zero-order chi connectivity index (χ0) is 8.10. The minimum absolute atomic E-state index is 0.279. The number of nitrogens with one attached hydrogen (secondary N) is 1. The summed E-state index contributed by atoms with van der Waals surface area (Å²) >= 11 is 0. The molecule has 1 aliphatic rings. The number of hydrogen-bond donors (Lipinski definition) is 2. The van der Waals surface area contributed by atoms with Crippen molar-refractivity contribution in [1.29, 1.82) is 0 Å². The molecule has 0 bridgehead atoms. The van der Waals surface area contributed by atoms with Crippen LogP contribution in [0.1, 0.15) is 19.3 Å². The zero-order valence-corrected chi connectivity index (χ0v) is 6.38. The van der Waals surface area contributed by atoms with Gasteiger partial charge in [0.15, 0.2) is 0 Å². The summed E-state index contributed by atoms with van der Waals surface area (Å²) in [7, 11) is 0. The molecule has 0 aromatic carbocycles. The van der Waals surface area contributed by atoms with Crippen molar-refractivity contribution < 1.29 is 14.6 Å². The Hall–Kier alpha value is -0.770. The van der Waals surface area contributed by atoms with Gasteiger partial charge in [0, 0.05) is 13.2 Å². The van der Waals surface area contributed by atoms with Gasteiger partial charge in [0.1, 0.15) is 0 Å². The van der Waals surface area contributed by atoms with Crippen molar-refractivity contribution in [1.82, 2.24) is 5.32 Å². The van der Waals surface area contributed by atoms with Gasteiger partial charge in [-0.15, -0.1) is 0 Å². The number of hydrogen-bond acceptors (Lipinski definition) is 2. The fourth-order valence-electron chi connectivity index (χ4n) is 1.21. The molecule has 1 saturated heterocycles. The van der Waals surface area contributed by atoms with Gasteiger partial charge in [-0.25, -0.2) is 4.79 Å². The van der Waals surface area contributed by atoms with Crippen molar-refractivity contribution in [2.24, 2.45) is 0 Å². The molecule has 0 saturated carbocycles. The molecule has 1 atom stereocenters. The first-order valence-electron chi connectivity index (χ1n) is 3.87. The monoisotopic (exact) mass is 159 g/mol. The fraction of sp³-hybridized carbons (Fsp3) is 0.857. The molecular formula is C7H13NO3. The predicted octanol–water partition coefficient (Wildman–Crippen LogP) is 0.823. The van der Waals surface area contributed by atoms with Crippen LogP contribution in [0, 0.1) is 0 Å². The first kappa shape index (κ1) is 8.33. The average molecular weight is 159 g/mol. The highest BCUT2D eigenvalue weighted by Crippen LogP contribution is 2.14. The molecule has 0 aliphatic carbocycles. The standard InChI is InChI=1S/C7H13NO3/c9-7(10)8-4-3-6-2-1-5-11-6/h6,8H,1-5H2,(H,9,10). The molecule has 4 nitrogen and oxygen atoms in total. The Morgan fingerprint density at radius 3 is 3.09 bits per heavy atom. The van der Waals surface area contributed by atoms with Gasteiger partial charge in [0.05, 0.1) is 6.10 Å². The summed E-state index contributed by atoms with van der Waals surface area (Å²) in [5.41, 5.74) is 0. The van der Waals surface area contributed by atoms with Crippen LogP contribution in [0.4, 0.5) is 4.79 Å².